The predicted octanol–water partition coefficient (Wildman–Crippen LogP) is 8.17. The molecular weight excluding hydrogens is 589 g/mol. The Labute approximate surface area is 269 Å². The van der Waals surface area contributed by atoms with Crippen molar-refractivity contribution in [3.05, 3.63) is 89.2 Å². The van der Waals surface area contributed by atoms with E-state index in [4.69, 9.17) is 9.47 Å². The summed E-state index contributed by atoms with van der Waals surface area (Å²) in [5, 5.41) is 12.3. The van der Waals surface area contributed by atoms with Gasteiger partial charge in [0, 0.05) is 23.1 Å². The summed E-state index contributed by atoms with van der Waals surface area (Å²) in [6.07, 6.45) is 5.99. The SMILES string of the molecule is CCCCCCCOc1ccc(-c2nnc(-c3ccc(C[C@H](NC(=O)c4ccc(C(C)(C)C)cc4)C(=O)OC)cc3F)s2)cc1. The summed E-state index contributed by atoms with van der Waals surface area (Å²) in [6, 6.07) is 18.6. The zero-order chi connectivity index (χ0) is 32.4. The summed E-state index contributed by atoms with van der Waals surface area (Å²) in [4.78, 5) is 25.5. The quantitative estimate of drug-likeness (QED) is 0.112. The third kappa shape index (κ3) is 9.44. The smallest absolute Gasteiger partial charge is 0.328 e. The van der Waals surface area contributed by atoms with Crippen LogP contribution in [0.3, 0.4) is 0 Å². The molecule has 0 aliphatic carbocycles. The third-order valence-electron chi connectivity index (χ3n) is 7.55. The van der Waals surface area contributed by atoms with Gasteiger partial charge in [-0.15, -0.1) is 10.2 Å². The molecule has 1 atom stereocenters. The van der Waals surface area contributed by atoms with Crippen molar-refractivity contribution in [1.29, 1.82) is 0 Å². The number of hydrogen-bond acceptors (Lipinski definition) is 7. The molecule has 1 heterocycles. The number of amides is 1. The van der Waals surface area contributed by atoms with E-state index in [0.717, 1.165) is 23.3 Å². The Hall–Kier alpha value is -4.11. The monoisotopic (exact) mass is 631 g/mol. The van der Waals surface area contributed by atoms with Crippen LogP contribution in [0.2, 0.25) is 0 Å². The molecule has 1 N–H and O–H groups in total. The minimum absolute atomic E-state index is 0.0518. The molecule has 0 unspecified atom stereocenters. The molecule has 0 spiro atoms. The molecule has 238 valence electrons. The van der Waals surface area contributed by atoms with E-state index in [1.807, 2.05) is 36.4 Å². The maximum Gasteiger partial charge on any atom is 0.328 e. The van der Waals surface area contributed by atoms with Gasteiger partial charge in [-0.2, -0.15) is 0 Å². The van der Waals surface area contributed by atoms with Gasteiger partial charge in [0.2, 0.25) is 0 Å². The van der Waals surface area contributed by atoms with Crippen LogP contribution < -0.4 is 10.1 Å². The van der Waals surface area contributed by atoms with Crippen molar-refractivity contribution in [2.75, 3.05) is 13.7 Å². The average Bonchev–Trinajstić information content (AvgIpc) is 3.52. The number of aromatic nitrogens is 2. The van der Waals surface area contributed by atoms with Crippen molar-refractivity contribution >= 4 is 23.2 Å². The van der Waals surface area contributed by atoms with Gasteiger partial charge in [-0.25, -0.2) is 9.18 Å². The fourth-order valence-electron chi connectivity index (χ4n) is 4.83. The standard InChI is InChI=1S/C36H42FN3O4S/c1-6-7-8-9-10-21-44-28-18-14-26(15-19-28)33-39-40-34(45-33)29-20-11-24(22-30(29)37)23-31(35(42)43-5)38-32(41)25-12-16-27(17-13-25)36(2,3)4/h11-20,22,31H,6-10,21,23H2,1-5H3,(H,38,41)/t31-/m0/s1. The number of nitrogens with zero attached hydrogens (tertiary/aromatic N) is 2. The zero-order valence-corrected chi connectivity index (χ0v) is 27.5. The first-order valence-corrected chi connectivity index (χ1v) is 16.3. The Balaban J connectivity index is 1.39. The van der Waals surface area contributed by atoms with Crippen molar-refractivity contribution in [2.24, 2.45) is 0 Å². The van der Waals surface area contributed by atoms with Gasteiger partial charge >= 0.3 is 5.97 Å². The van der Waals surface area contributed by atoms with E-state index in [1.54, 1.807) is 24.3 Å². The van der Waals surface area contributed by atoms with Gasteiger partial charge in [0.15, 0.2) is 5.01 Å². The van der Waals surface area contributed by atoms with Crippen LogP contribution in [0.25, 0.3) is 21.1 Å². The molecule has 0 fully saturated rings. The maximum atomic E-state index is 15.3. The lowest BCUT2D eigenvalue weighted by molar-refractivity contribution is -0.142. The molecule has 1 amide bonds. The van der Waals surface area contributed by atoms with Crippen LogP contribution in [-0.2, 0) is 21.4 Å². The van der Waals surface area contributed by atoms with Crippen molar-refractivity contribution in [3.8, 4) is 26.9 Å². The Morgan fingerprint density at radius 3 is 2.24 bits per heavy atom. The van der Waals surface area contributed by atoms with E-state index in [1.165, 1.54) is 50.2 Å². The van der Waals surface area contributed by atoms with Gasteiger partial charge in [0.25, 0.3) is 5.91 Å². The molecule has 0 radical (unpaired) electrons. The number of hydrogen-bond donors (Lipinski definition) is 1. The second-order valence-electron chi connectivity index (χ2n) is 12.1. The zero-order valence-electron chi connectivity index (χ0n) is 26.7. The van der Waals surface area contributed by atoms with Crippen LogP contribution in [0.1, 0.15) is 81.3 Å². The first-order valence-electron chi connectivity index (χ1n) is 15.4. The Morgan fingerprint density at radius 2 is 1.60 bits per heavy atom. The van der Waals surface area contributed by atoms with Crippen molar-refractivity contribution < 1.29 is 23.5 Å². The van der Waals surface area contributed by atoms with Crippen LogP contribution in [0.5, 0.6) is 5.75 Å². The number of carbonyl (C=O) groups excluding carboxylic acids is 2. The summed E-state index contributed by atoms with van der Waals surface area (Å²) in [5.41, 5.74) is 3.17. The number of rotatable bonds is 14. The highest BCUT2D eigenvalue weighted by Gasteiger charge is 2.24. The van der Waals surface area contributed by atoms with Gasteiger partial charge in [-0.1, -0.05) is 82.9 Å². The summed E-state index contributed by atoms with van der Waals surface area (Å²) in [6.45, 7) is 9.17. The highest BCUT2D eigenvalue weighted by atomic mass is 32.1. The predicted molar refractivity (Wildman–Crippen MR) is 177 cm³/mol. The fraction of sp³-hybridized carbons (Fsp3) is 0.389. The first kappa shape index (κ1) is 33.8. The van der Waals surface area contributed by atoms with E-state index >= 15 is 4.39 Å². The highest BCUT2D eigenvalue weighted by Crippen LogP contribution is 2.32. The molecule has 0 aliphatic heterocycles. The number of methoxy groups -OCH3 is 1. The number of nitrogens with one attached hydrogen (secondary N) is 1. The first-order chi connectivity index (χ1) is 21.6. The number of benzene rings is 3. The lowest BCUT2D eigenvalue weighted by Crippen LogP contribution is -2.43. The lowest BCUT2D eigenvalue weighted by atomic mass is 9.86. The van der Waals surface area contributed by atoms with Gasteiger partial charge in [-0.3, -0.25) is 4.79 Å². The third-order valence-corrected chi connectivity index (χ3v) is 8.56. The van der Waals surface area contributed by atoms with E-state index < -0.39 is 23.7 Å². The van der Waals surface area contributed by atoms with E-state index in [2.05, 4.69) is 43.2 Å². The molecule has 4 rings (SSSR count). The van der Waals surface area contributed by atoms with Crippen LogP contribution in [0, 0.1) is 5.82 Å². The lowest BCUT2D eigenvalue weighted by Gasteiger charge is -2.20. The number of halogens is 1. The minimum Gasteiger partial charge on any atom is -0.494 e. The molecule has 0 bridgehead atoms. The van der Waals surface area contributed by atoms with Gasteiger partial charge in [0.05, 0.1) is 13.7 Å². The molecule has 7 nitrogen and oxygen atoms in total. The summed E-state index contributed by atoms with van der Waals surface area (Å²) < 4.78 is 26.1. The van der Waals surface area contributed by atoms with E-state index in [9.17, 15) is 9.59 Å². The number of ether oxygens (including phenoxy) is 2. The molecular formula is C36H42FN3O4S. The molecule has 45 heavy (non-hydrogen) atoms. The summed E-state index contributed by atoms with van der Waals surface area (Å²) in [5.74, 6) is -0.714. The minimum atomic E-state index is -0.990. The Bertz CT molecular complexity index is 1560. The summed E-state index contributed by atoms with van der Waals surface area (Å²) in [7, 11) is 1.26. The van der Waals surface area contributed by atoms with Gasteiger partial charge < -0.3 is 14.8 Å². The molecule has 3 aromatic carbocycles. The number of unbranched alkanes of at least 4 members (excludes halogenated alkanes) is 4. The van der Waals surface area contributed by atoms with E-state index in [-0.39, 0.29) is 11.8 Å². The molecule has 9 heteroatoms. The Kier molecular flexibility index (Phi) is 11.8. The molecule has 1 aromatic heterocycles. The van der Waals surface area contributed by atoms with Gasteiger partial charge in [-0.05, 0) is 71.5 Å². The molecule has 0 saturated carbocycles. The van der Waals surface area contributed by atoms with Crippen molar-refractivity contribution in [2.45, 2.75) is 77.7 Å². The average molecular weight is 632 g/mol. The highest BCUT2D eigenvalue weighted by molar-refractivity contribution is 7.17. The van der Waals surface area contributed by atoms with E-state index in [0.29, 0.717) is 33.3 Å². The largest absolute Gasteiger partial charge is 0.494 e. The van der Waals surface area contributed by atoms with Crippen LogP contribution in [0.15, 0.2) is 66.7 Å². The maximum absolute atomic E-state index is 15.3. The second kappa shape index (κ2) is 15.8. The van der Waals surface area contributed by atoms with Crippen molar-refractivity contribution in [1.82, 2.24) is 15.5 Å². The normalized spacial score (nSPS) is 12.0. The molecule has 0 saturated heterocycles. The van der Waals surface area contributed by atoms with Crippen LogP contribution in [0.4, 0.5) is 4.39 Å². The fourth-order valence-corrected chi connectivity index (χ4v) is 5.71. The topological polar surface area (TPSA) is 90.4 Å². The Morgan fingerprint density at radius 1 is 0.911 bits per heavy atom. The summed E-state index contributed by atoms with van der Waals surface area (Å²) >= 11 is 1.29. The molecule has 0 aliphatic rings. The number of carbonyl (C=O) groups is 2. The van der Waals surface area contributed by atoms with Crippen LogP contribution in [-0.4, -0.2) is 41.8 Å². The molecule has 4 aromatic rings. The van der Waals surface area contributed by atoms with Gasteiger partial charge in [0.1, 0.15) is 22.6 Å². The number of esters is 1. The second-order valence-corrected chi connectivity index (χ2v) is 13.1. The van der Waals surface area contributed by atoms with Crippen molar-refractivity contribution in [3.63, 3.8) is 0 Å². The van der Waals surface area contributed by atoms with Crippen LogP contribution >= 0.6 is 11.3 Å².